The highest BCUT2D eigenvalue weighted by Crippen LogP contribution is 2.28. The fourth-order valence-electron chi connectivity index (χ4n) is 2.78. The molecular formula is C18H28N2O3. The van der Waals surface area contributed by atoms with Gasteiger partial charge in [-0.2, -0.15) is 0 Å². The summed E-state index contributed by atoms with van der Waals surface area (Å²) in [6, 6.07) is 5.94. The molecule has 1 heterocycles. The van der Waals surface area contributed by atoms with Crippen molar-refractivity contribution in [2.75, 3.05) is 26.3 Å². The molecule has 0 saturated carbocycles. The zero-order valence-corrected chi connectivity index (χ0v) is 14.2. The van der Waals surface area contributed by atoms with Crippen LogP contribution in [0.5, 0.6) is 11.5 Å². The zero-order chi connectivity index (χ0) is 16.5. The molecule has 1 aromatic rings. The lowest BCUT2D eigenvalue weighted by Crippen LogP contribution is -2.47. The van der Waals surface area contributed by atoms with Crippen LogP contribution in [0.15, 0.2) is 18.2 Å². The standard InChI is InChI=1S/C18H28N2O3/c1-3-22-16-9-8-14(13-17(16)23-4-2)10-12-20-18(21)15-7-5-6-11-19-15/h8-9,13,15,19H,3-7,10-12H2,1-2H3,(H,20,21). The first kappa shape index (κ1) is 17.6. The second kappa shape index (κ2) is 9.40. The van der Waals surface area contributed by atoms with Gasteiger partial charge >= 0.3 is 0 Å². The van der Waals surface area contributed by atoms with Crippen LogP contribution in [0.2, 0.25) is 0 Å². The van der Waals surface area contributed by atoms with Gasteiger partial charge in [0.15, 0.2) is 11.5 Å². The fourth-order valence-corrected chi connectivity index (χ4v) is 2.78. The van der Waals surface area contributed by atoms with E-state index in [9.17, 15) is 4.79 Å². The number of rotatable bonds is 8. The molecule has 1 fully saturated rings. The number of carbonyl (C=O) groups excluding carboxylic acids is 1. The Bertz CT molecular complexity index is 499. The van der Waals surface area contributed by atoms with Gasteiger partial charge in [-0.1, -0.05) is 12.5 Å². The molecule has 2 N–H and O–H groups in total. The highest BCUT2D eigenvalue weighted by Gasteiger charge is 2.19. The second-order valence-electron chi connectivity index (χ2n) is 5.69. The maximum Gasteiger partial charge on any atom is 0.237 e. The summed E-state index contributed by atoms with van der Waals surface area (Å²) in [4.78, 5) is 12.1. The Kier molecular flexibility index (Phi) is 7.20. The lowest BCUT2D eigenvalue weighted by atomic mass is 10.0. The minimum Gasteiger partial charge on any atom is -0.490 e. The van der Waals surface area contributed by atoms with E-state index >= 15 is 0 Å². The van der Waals surface area contributed by atoms with Crippen molar-refractivity contribution in [3.63, 3.8) is 0 Å². The first-order valence-electron chi connectivity index (χ1n) is 8.64. The first-order chi connectivity index (χ1) is 11.2. The molecule has 5 nitrogen and oxygen atoms in total. The van der Waals surface area contributed by atoms with E-state index in [2.05, 4.69) is 10.6 Å². The van der Waals surface area contributed by atoms with Crippen LogP contribution >= 0.6 is 0 Å². The van der Waals surface area contributed by atoms with E-state index in [-0.39, 0.29) is 11.9 Å². The number of hydrogen-bond donors (Lipinski definition) is 2. The van der Waals surface area contributed by atoms with Crippen LogP contribution in [0, 0.1) is 0 Å². The SMILES string of the molecule is CCOc1ccc(CCNC(=O)C2CCCCN2)cc1OCC. The fraction of sp³-hybridized carbons (Fsp3) is 0.611. The van der Waals surface area contributed by atoms with Crippen LogP contribution in [-0.4, -0.2) is 38.3 Å². The summed E-state index contributed by atoms with van der Waals surface area (Å²) >= 11 is 0. The van der Waals surface area contributed by atoms with Crippen molar-refractivity contribution in [2.24, 2.45) is 0 Å². The van der Waals surface area contributed by atoms with Crippen molar-refractivity contribution in [3.05, 3.63) is 23.8 Å². The lowest BCUT2D eigenvalue weighted by Gasteiger charge is -2.22. The number of piperidine rings is 1. The molecule has 2 rings (SSSR count). The van der Waals surface area contributed by atoms with Crippen LogP contribution in [0.3, 0.4) is 0 Å². The Labute approximate surface area is 138 Å². The Hall–Kier alpha value is -1.75. The van der Waals surface area contributed by atoms with Gasteiger partial charge in [0.05, 0.1) is 19.3 Å². The van der Waals surface area contributed by atoms with Crippen LogP contribution in [0.25, 0.3) is 0 Å². The minimum absolute atomic E-state index is 0.0249. The maximum atomic E-state index is 12.1. The van der Waals surface area contributed by atoms with Crippen molar-refractivity contribution < 1.29 is 14.3 Å². The molecule has 0 aliphatic carbocycles. The molecule has 0 radical (unpaired) electrons. The summed E-state index contributed by atoms with van der Waals surface area (Å²) in [5, 5.41) is 6.28. The van der Waals surface area contributed by atoms with Crippen molar-refractivity contribution >= 4 is 5.91 Å². The van der Waals surface area contributed by atoms with Crippen molar-refractivity contribution in [2.45, 2.75) is 45.6 Å². The molecule has 1 amide bonds. The molecule has 1 aromatic carbocycles. The van der Waals surface area contributed by atoms with Gasteiger partial charge in [-0.25, -0.2) is 0 Å². The van der Waals surface area contributed by atoms with E-state index in [1.165, 1.54) is 0 Å². The molecule has 1 aliphatic rings. The molecule has 1 atom stereocenters. The Morgan fingerprint density at radius 1 is 1.22 bits per heavy atom. The first-order valence-corrected chi connectivity index (χ1v) is 8.64. The number of nitrogens with one attached hydrogen (secondary N) is 2. The molecule has 128 valence electrons. The highest BCUT2D eigenvalue weighted by molar-refractivity contribution is 5.81. The van der Waals surface area contributed by atoms with Gasteiger partial charge in [0.2, 0.25) is 5.91 Å². The number of carbonyl (C=O) groups is 1. The van der Waals surface area contributed by atoms with Crippen LogP contribution in [0.4, 0.5) is 0 Å². The van der Waals surface area contributed by atoms with Crippen LogP contribution in [0.1, 0.15) is 38.7 Å². The molecule has 1 unspecified atom stereocenters. The third-order valence-corrected chi connectivity index (χ3v) is 3.95. The number of hydrogen-bond acceptors (Lipinski definition) is 4. The van der Waals surface area contributed by atoms with E-state index in [0.717, 1.165) is 49.3 Å². The third kappa shape index (κ3) is 5.43. The van der Waals surface area contributed by atoms with Crippen molar-refractivity contribution in [3.8, 4) is 11.5 Å². The van der Waals surface area contributed by atoms with Crippen molar-refractivity contribution in [1.29, 1.82) is 0 Å². The summed E-state index contributed by atoms with van der Waals surface area (Å²) in [5.74, 6) is 1.65. The van der Waals surface area contributed by atoms with E-state index in [4.69, 9.17) is 9.47 Å². The summed E-state index contributed by atoms with van der Waals surface area (Å²) in [6.07, 6.45) is 4.01. The smallest absolute Gasteiger partial charge is 0.237 e. The predicted molar refractivity (Wildman–Crippen MR) is 91.1 cm³/mol. The Balaban J connectivity index is 1.84. The summed E-state index contributed by atoms with van der Waals surface area (Å²) in [5.41, 5.74) is 1.13. The summed E-state index contributed by atoms with van der Waals surface area (Å²) in [7, 11) is 0. The molecule has 5 heteroatoms. The maximum absolute atomic E-state index is 12.1. The van der Waals surface area contributed by atoms with Gasteiger partial charge in [0.25, 0.3) is 0 Å². The monoisotopic (exact) mass is 320 g/mol. The summed E-state index contributed by atoms with van der Waals surface area (Å²) in [6.45, 7) is 6.71. The molecule has 1 saturated heterocycles. The van der Waals surface area contributed by atoms with Gasteiger partial charge in [-0.05, 0) is 57.4 Å². The van der Waals surface area contributed by atoms with E-state index in [1.807, 2.05) is 32.0 Å². The van der Waals surface area contributed by atoms with Gasteiger partial charge in [0.1, 0.15) is 0 Å². The molecule has 0 aromatic heterocycles. The van der Waals surface area contributed by atoms with Crippen LogP contribution in [-0.2, 0) is 11.2 Å². The average molecular weight is 320 g/mol. The van der Waals surface area contributed by atoms with E-state index in [0.29, 0.717) is 19.8 Å². The molecule has 0 spiro atoms. The summed E-state index contributed by atoms with van der Waals surface area (Å²) < 4.78 is 11.2. The normalized spacial score (nSPS) is 17.6. The average Bonchev–Trinajstić information content (AvgIpc) is 2.58. The third-order valence-electron chi connectivity index (χ3n) is 3.95. The van der Waals surface area contributed by atoms with E-state index < -0.39 is 0 Å². The molecular weight excluding hydrogens is 292 g/mol. The molecule has 23 heavy (non-hydrogen) atoms. The minimum atomic E-state index is -0.0249. The van der Waals surface area contributed by atoms with Gasteiger partial charge in [-0.15, -0.1) is 0 Å². The molecule has 0 bridgehead atoms. The predicted octanol–water partition coefficient (Wildman–Crippen LogP) is 2.28. The topological polar surface area (TPSA) is 59.6 Å². The Morgan fingerprint density at radius 2 is 2.00 bits per heavy atom. The van der Waals surface area contributed by atoms with Gasteiger partial charge in [-0.3, -0.25) is 4.79 Å². The van der Waals surface area contributed by atoms with Gasteiger partial charge in [0, 0.05) is 6.54 Å². The van der Waals surface area contributed by atoms with Gasteiger partial charge < -0.3 is 20.1 Å². The number of amides is 1. The zero-order valence-electron chi connectivity index (χ0n) is 14.2. The second-order valence-corrected chi connectivity index (χ2v) is 5.69. The van der Waals surface area contributed by atoms with Crippen LogP contribution < -0.4 is 20.1 Å². The lowest BCUT2D eigenvalue weighted by molar-refractivity contribution is -0.123. The number of ether oxygens (including phenoxy) is 2. The number of benzene rings is 1. The molecule has 1 aliphatic heterocycles. The van der Waals surface area contributed by atoms with E-state index in [1.54, 1.807) is 0 Å². The Morgan fingerprint density at radius 3 is 2.70 bits per heavy atom. The van der Waals surface area contributed by atoms with Crippen molar-refractivity contribution in [1.82, 2.24) is 10.6 Å². The largest absolute Gasteiger partial charge is 0.490 e. The highest BCUT2D eigenvalue weighted by atomic mass is 16.5. The quantitative estimate of drug-likeness (QED) is 0.771.